The summed E-state index contributed by atoms with van der Waals surface area (Å²) in [6.07, 6.45) is 1.31. The molecule has 2 aromatic carbocycles. The third-order valence-corrected chi connectivity index (χ3v) is 6.68. The van der Waals surface area contributed by atoms with Crippen molar-refractivity contribution in [3.05, 3.63) is 85.7 Å². The van der Waals surface area contributed by atoms with Gasteiger partial charge in [0.05, 0.1) is 16.6 Å². The minimum Gasteiger partial charge on any atom is -0.324 e. The number of para-hydroxylation sites is 1. The molecule has 10 heteroatoms. The molecule has 33 heavy (non-hydrogen) atoms. The maximum atomic E-state index is 13.2. The van der Waals surface area contributed by atoms with Crippen molar-refractivity contribution in [2.24, 2.45) is 0 Å². The molecule has 7 nitrogen and oxygen atoms in total. The van der Waals surface area contributed by atoms with Gasteiger partial charge >= 0.3 is 0 Å². The smallest absolute Gasteiger partial charge is 0.266 e. The zero-order valence-corrected chi connectivity index (χ0v) is 19.9. The Morgan fingerprint density at radius 1 is 1.03 bits per heavy atom. The van der Waals surface area contributed by atoms with Crippen LogP contribution in [-0.4, -0.2) is 21.4 Å². The Kier molecular flexibility index (Phi) is 6.51. The number of rotatable bonds is 5. The van der Waals surface area contributed by atoms with Crippen molar-refractivity contribution >= 4 is 67.9 Å². The second kappa shape index (κ2) is 9.35. The number of thiophene rings is 1. The van der Waals surface area contributed by atoms with Crippen molar-refractivity contribution in [3.63, 3.8) is 0 Å². The molecular formula is C23H18Cl2N4O3S. The van der Waals surface area contributed by atoms with Gasteiger partial charge in [-0.05, 0) is 49.7 Å². The molecule has 0 saturated carbocycles. The van der Waals surface area contributed by atoms with E-state index in [1.165, 1.54) is 10.9 Å². The summed E-state index contributed by atoms with van der Waals surface area (Å²) in [7, 11) is 0. The largest absolute Gasteiger partial charge is 0.324 e. The number of nitrogens with zero attached hydrogens (tertiary/aromatic N) is 2. The standard InChI is InChI=1S/C23H18Cl2N4O3S/c1-12-18-22(33-19(12)21(31)27-16-6-4-3-5-7-16)26-11-29(23(18)32)13(2)20(30)28-17-9-14(24)8-15(25)10-17/h3-11,13H,1-2H3,(H,27,31)(H,28,30)/t13-/m0/s1. The lowest BCUT2D eigenvalue weighted by Crippen LogP contribution is -2.31. The number of aryl methyl sites for hydroxylation is 1. The quantitative estimate of drug-likeness (QED) is 0.376. The highest BCUT2D eigenvalue weighted by atomic mass is 35.5. The van der Waals surface area contributed by atoms with E-state index in [1.54, 1.807) is 44.2 Å². The SMILES string of the molecule is Cc1c(C(=O)Nc2ccccc2)sc2ncn([C@@H](C)C(=O)Nc3cc(Cl)cc(Cl)c3)c(=O)c12. The first-order valence-corrected chi connectivity index (χ1v) is 11.5. The van der Waals surface area contributed by atoms with Crippen LogP contribution >= 0.6 is 34.5 Å². The van der Waals surface area contributed by atoms with E-state index in [2.05, 4.69) is 15.6 Å². The monoisotopic (exact) mass is 500 g/mol. The topological polar surface area (TPSA) is 93.1 Å². The van der Waals surface area contributed by atoms with Crippen LogP contribution in [0.5, 0.6) is 0 Å². The average Bonchev–Trinajstić information content (AvgIpc) is 3.11. The van der Waals surface area contributed by atoms with Gasteiger partial charge in [-0.2, -0.15) is 0 Å². The Morgan fingerprint density at radius 3 is 2.36 bits per heavy atom. The summed E-state index contributed by atoms with van der Waals surface area (Å²) in [5, 5.41) is 6.59. The molecule has 2 N–H and O–H groups in total. The molecule has 0 radical (unpaired) electrons. The molecule has 0 bridgehead atoms. The van der Waals surface area contributed by atoms with Crippen molar-refractivity contribution in [2.45, 2.75) is 19.9 Å². The zero-order chi connectivity index (χ0) is 23.7. The first kappa shape index (κ1) is 23.0. The molecule has 0 unspecified atom stereocenters. The van der Waals surface area contributed by atoms with Crippen LogP contribution < -0.4 is 16.2 Å². The number of halogens is 2. The van der Waals surface area contributed by atoms with Gasteiger partial charge < -0.3 is 10.6 Å². The minimum absolute atomic E-state index is 0.311. The summed E-state index contributed by atoms with van der Waals surface area (Å²) in [5.41, 5.74) is 1.18. The summed E-state index contributed by atoms with van der Waals surface area (Å²) < 4.78 is 1.24. The minimum atomic E-state index is -0.868. The van der Waals surface area contributed by atoms with Crippen LogP contribution in [0.3, 0.4) is 0 Å². The van der Waals surface area contributed by atoms with Gasteiger partial charge in [0, 0.05) is 21.4 Å². The van der Waals surface area contributed by atoms with E-state index in [9.17, 15) is 14.4 Å². The van der Waals surface area contributed by atoms with E-state index in [-0.39, 0.29) is 5.91 Å². The molecule has 0 aliphatic carbocycles. The number of fused-ring (bicyclic) bond motifs is 1. The summed E-state index contributed by atoms with van der Waals surface area (Å²) >= 11 is 13.1. The normalized spacial score (nSPS) is 11.9. The Labute approximate surface area is 203 Å². The third kappa shape index (κ3) is 4.78. The van der Waals surface area contributed by atoms with E-state index in [0.29, 0.717) is 42.1 Å². The average molecular weight is 501 g/mol. The highest BCUT2D eigenvalue weighted by molar-refractivity contribution is 7.20. The van der Waals surface area contributed by atoms with Crippen LogP contribution in [0, 0.1) is 6.92 Å². The lowest BCUT2D eigenvalue weighted by atomic mass is 10.2. The van der Waals surface area contributed by atoms with Crippen LogP contribution in [0.1, 0.15) is 28.2 Å². The molecule has 4 aromatic rings. The first-order chi connectivity index (χ1) is 15.7. The molecule has 0 spiro atoms. The highest BCUT2D eigenvalue weighted by Crippen LogP contribution is 2.28. The van der Waals surface area contributed by atoms with E-state index < -0.39 is 17.5 Å². The fourth-order valence-electron chi connectivity index (χ4n) is 3.34. The van der Waals surface area contributed by atoms with E-state index in [4.69, 9.17) is 23.2 Å². The fraction of sp³-hybridized carbons (Fsp3) is 0.130. The molecule has 2 aromatic heterocycles. The van der Waals surface area contributed by atoms with Crippen molar-refractivity contribution in [3.8, 4) is 0 Å². The summed E-state index contributed by atoms with van der Waals surface area (Å²) in [6.45, 7) is 3.28. The number of hydrogen-bond donors (Lipinski definition) is 2. The van der Waals surface area contributed by atoms with Gasteiger partial charge in [-0.25, -0.2) is 4.98 Å². The Morgan fingerprint density at radius 2 is 1.70 bits per heavy atom. The maximum absolute atomic E-state index is 13.2. The summed E-state index contributed by atoms with van der Waals surface area (Å²) in [5.74, 6) is -0.761. The number of aromatic nitrogens is 2. The van der Waals surface area contributed by atoms with Gasteiger partial charge in [-0.15, -0.1) is 11.3 Å². The molecule has 4 rings (SSSR count). The van der Waals surface area contributed by atoms with Crippen LogP contribution in [0.25, 0.3) is 10.2 Å². The predicted octanol–water partition coefficient (Wildman–Crippen LogP) is 5.53. The number of hydrogen-bond acceptors (Lipinski definition) is 5. The number of amides is 2. The second-order valence-corrected chi connectivity index (χ2v) is 9.21. The van der Waals surface area contributed by atoms with Crippen molar-refractivity contribution in [1.29, 1.82) is 0 Å². The fourth-order valence-corrected chi connectivity index (χ4v) is 4.90. The van der Waals surface area contributed by atoms with Crippen LogP contribution in [0.4, 0.5) is 11.4 Å². The molecule has 0 fully saturated rings. The lowest BCUT2D eigenvalue weighted by Gasteiger charge is -2.15. The van der Waals surface area contributed by atoms with Gasteiger partial charge in [-0.3, -0.25) is 19.0 Å². The second-order valence-electron chi connectivity index (χ2n) is 7.34. The molecule has 1 atom stereocenters. The van der Waals surface area contributed by atoms with Crippen LogP contribution in [0.2, 0.25) is 10.0 Å². The number of carbonyl (C=O) groups excluding carboxylic acids is 2. The van der Waals surface area contributed by atoms with Crippen LogP contribution in [0.15, 0.2) is 59.7 Å². The van der Waals surface area contributed by atoms with Gasteiger partial charge in [0.1, 0.15) is 10.9 Å². The van der Waals surface area contributed by atoms with Gasteiger partial charge in [0.2, 0.25) is 5.91 Å². The molecule has 2 heterocycles. The van der Waals surface area contributed by atoms with Crippen molar-refractivity contribution < 1.29 is 9.59 Å². The Hall–Kier alpha value is -3.20. The van der Waals surface area contributed by atoms with E-state index >= 15 is 0 Å². The number of carbonyl (C=O) groups is 2. The lowest BCUT2D eigenvalue weighted by molar-refractivity contribution is -0.118. The molecule has 2 amide bonds. The van der Waals surface area contributed by atoms with Gasteiger partial charge in [0.15, 0.2) is 0 Å². The van der Waals surface area contributed by atoms with Gasteiger partial charge in [0.25, 0.3) is 11.5 Å². The Bertz CT molecular complexity index is 1410. The van der Waals surface area contributed by atoms with Crippen LogP contribution in [-0.2, 0) is 4.79 Å². The van der Waals surface area contributed by atoms with E-state index in [1.807, 2.05) is 18.2 Å². The van der Waals surface area contributed by atoms with Crippen molar-refractivity contribution in [1.82, 2.24) is 9.55 Å². The molecule has 0 saturated heterocycles. The number of anilines is 2. The van der Waals surface area contributed by atoms with Gasteiger partial charge in [-0.1, -0.05) is 41.4 Å². The summed E-state index contributed by atoms with van der Waals surface area (Å²) in [4.78, 5) is 43.9. The van der Waals surface area contributed by atoms with E-state index in [0.717, 1.165) is 11.3 Å². The summed E-state index contributed by atoms with van der Waals surface area (Å²) in [6, 6.07) is 12.8. The predicted molar refractivity (Wildman–Crippen MR) is 133 cm³/mol. The highest BCUT2D eigenvalue weighted by Gasteiger charge is 2.23. The molecule has 0 aliphatic heterocycles. The zero-order valence-electron chi connectivity index (χ0n) is 17.6. The van der Waals surface area contributed by atoms with Crippen molar-refractivity contribution in [2.75, 3.05) is 10.6 Å². The molecule has 168 valence electrons. The number of nitrogens with one attached hydrogen (secondary N) is 2. The molecule has 0 aliphatic rings. The number of benzene rings is 2. The maximum Gasteiger partial charge on any atom is 0.266 e. The first-order valence-electron chi connectivity index (χ1n) is 9.88. The Balaban J connectivity index is 1.63. The third-order valence-electron chi connectivity index (χ3n) is 5.04. The molecular weight excluding hydrogens is 483 g/mol.